The van der Waals surface area contributed by atoms with Crippen LogP contribution in [0.25, 0.3) is 0 Å². The largest absolute Gasteiger partial charge is 0.481 e. The number of carboxylic acid groups (broad SMARTS) is 1. The molecule has 2 amide bonds. The summed E-state index contributed by atoms with van der Waals surface area (Å²) in [5, 5.41) is 11.3. The molecule has 1 aliphatic heterocycles. The molecule has 7 heteroatoms. The van der Waals surface area contributed by atoms with Crippen LogP contribution in [-0.2, 0) is 20.7 Å². The Morgan fingerprint density at radius 3 is 2.79 bits per heavy atom. The molecule has 0 bridgehead atoms. The molecule has 1 aromatic carbocycles. The van der Waals surface area contributed by atoms with Gasteiger partial charge in [-0.3, -0.25) is 9.59 Å². The number of nitrogens with zero attached hydrogens (tertiary/aromatic N) is 1. The van der Waals surface area contributed by atoms with E-state index >= 15 is 0 Å². The molecule has 0 radical (unpaired) electrons. The Bertz CT molecular complexity index is 723. The fourth-order valence-electron chi connectivity index (χ4n) is 2.92. The normalized spacial score (nSPS) is 15.6. The van der Waals surface area contributed by atoms with Gasteiger partial charge in [0, 0.05) is 25.8 Å². The first-order chi connectivity index (χ1) is 13.6. The molecule has 1 saturated heterocycles. The second-order valence-electron chi connectivity index (χ2n) is 6.58. The van der Waals surface area contributed by atoms with E-state index in [0.29, 0.717) is 32.2 Å². The number of benzene rings is 1. The lowest BCUT2D eigenvalue weighted by Gasteiger charge is -2.22. The summed E-state index contributed by atoms with van der Waals surface area (Å²) in [4.78, 5) is 35.9. The first kappa shape index (κ1) is 21.3. The molecule has 7 nitrogen and oxygen atoms in total. The van der Waals surface area contributed by atoms with E-state index in [1.807, 2.05) is 30.3 Å². The van der Waals surface area contributed by atoms with Crippen LogP contribution in [0.15, 0.2) is 30.3 Å². The Kier molecular flexibility index (Phi) is 8.86. The maximum atomic E-state index is 12.0. The molecular formula is C21H26N2O5. The van der Waals surface area contributed by atoms with Crippen molar-refractivity contribution >= 4 is 18.0 Å². The van der Waals surface area contributed by atoms with E-state index in [4.69, 9.17) is 9.84 Å². The van der Waals surface area contributed by atoms with Gasteiger partial charge in [0.05, 0.1) is 12.6 Å². The number of nitrogens with one attached hydrogen (secondary N) is 1. The Morgan fingerprint density at radius 2 is 2.04 bits per heavy atom. The van der Waals surface area contributed by atoms with Crippen LogP contribution in [0.4, 0.5) is 4.79 Å². The van der Waals surface area contributed by atoms with Crippen molar-refractivity contribution in [2.75, 3.05) is 19.7 Å². The van der Waals surface area contributed by atoms with Crippen LogP contribution in [0, 0.1) is 11.8 Å². The summed E-state index contributed by atoms with van der Waals surface area (Å²) in [6, 6.07) is 9.68. The van der Waals surface area contributed by atoms with Crippen LogP contribution in [0.1, 0.15) is 37.7 Å². The van der Waals surface area contributed by atoms with Crippen LogP contribution < -0.4 is 5.32 Å². The van der Waals surface area contributed by atoms with Crippen LogP contribution in [0.3, 0.4) is 0 Å². The average Bonchev–Trinajstić information content (AvgIpc) is 3.03. The van der Waals surface area contributed by atoms with Crippen molar-refractivity contribution in [2.45, 2.75) is 44.6 Å². The van der Waals surface area contributed by atoms with Gasteiger partial charge in [0.15, 0.2) is 0 Å². The summed E-state index contributed by atoms with van der Waals surface area (Å²) in [5.41, 5.74) is 1.14. The third kappa shape index (κ3) is 7.70. The number of unbranched alkanes of at least 4 members (excludes halogenated alkanes) is 1. The molecule has 2 rings (SSSR count). The first-order valence-electron chi connectivity index (χ1n) is 9.48. The number of ether oxygens (including phenoxy) is 1. The molecular weight excluding hydrogens is 360 g/mol. The second-order valence-corrected chi connectivity index (χ2v) is 6.58. The number of carbonyl (C=O) groups is 3. The maximum absolute atomic E-state index is 12.0. The molecule has 1 atom stereocenters. The van der Waals surface area contributed by atoms with Gasteiger partial charge in [-0.2, -0.15) is 0 Å². The highest BCUT2D eigenvalue weighted by atomic mass is 16.5. The third-order valence-corrected chi connectivity index (χ3v) is 4.45. The lowest BCUT2D eigenvalue weighted by molar-refractivity contribution is -0.137. The van der Waals surface area contributed by atoms with Crippen molar-refractivity contribution in [3.8, 4) is 11.8 Å². The number of hydrogen-bond acceptors (Lipinski definition) is 4. The summed E-state index contributed by atoms with van der Waals surface area (Å²) < 4.78 is 5.26. The number of aliphatic carboxylic acids is 1. The second kappa shape index (κ2) is 11.7. The monoisotopic (exact) mass is 386 g/mol. The van der Waals surface area contributed by atoms with E-state index in [0.717, 1.165) is 12.0 Å². The Morgan fingerprint density at radius 1 is 1.25 bits per heavy atom. The highest BCUT2D eigenvalue weighted by molar-refractivity contribution is 5.79. The molecule has 1 fully saturated rings. The topological polar surface area (TPSA) is 95.9 Å². The summed E-state index contributed by atoms with van der Waals surface area (Å²) in [7, 11) is 0. The van der Waals surface area contributed by atoms with E-state index < -0.39 is 12.1 Å². The lowest BCUT2D eigenvalue weighted by Crippen LogP contribution is -2.38. The van der Waals surface area contributed by atoms with Gasteiger partial charge in [-0.05, 0) is 24.8 Å². The predicted octanol–water partition coefficient (Wildman–Crippen LogP) is 2.20. The SMILES string of the molecule is O=C(O)CCCC#CCN1C(=O)CC[C@@H]1COC(=O)NCCc1ccccc1. The first-order valence-corrected chi connectivity index (χ1v) is 9.48. The van der Waals surface area contributed by atoms with Crippen LogP contribution in [0.2, 0.25) is 0 Å². The zero-order valence-corrected chi connectivity index (χ0v) is 15.9. The molecule has 2 N–H and O–H groups in total. The number of rotatable bonds is 9. The molecule has 150 valence electrons. The lowest BCUT2D eigenvalue weighted by atomic mass is 10.1. The summed E-state index contributed by atoms with van der Waals surface area (Å²) in [5.74, 6) is 4.96. The maximum Gasteiger partial charge on any atom is 0.407 e. The van der Waals surface area contributed by atoms with E-state index in [1.165, 1.54) is 0 Å². The van der Waals surface area contributed by atoms with Gasteiger partial charge in [-0.15, -0.1) is 5.92 Å². The molecule has 28 heavy (non-hydrogen) atoms. The minimum absolute atomic E-state index is 0.00192. The van der Waals surface area contributed by atoms with Gasteiger partial charge in [0.25, 0.3) is 0 Å². The van der Waals surface area contributed by atoms with Crippen LogP contribution >= 0.6 is 0 Å². The molecule has 0 aliphatic carbocycles. The van der Waals surface area contributed by atoms with E-state index in [2.05, 4.69) is 17.2 Å². The number of likely N-dealkylation sites (tertiary alicyclic amines) is 1. The van der Waals surface area contributed by atoms with Gasteiger partial charge < -0.3 is 20.1 Å². The number of carbonyl (C=O) groups excluding carboxylic acids is 2. The fraction of sp³-hybridized carbons (Fsp3) is 0.476. The summed E-state index contributed by atoms with van der Waals surface area (Å²) >= 11 is 0. The predicted molar refractivity (Wildman–Crippen MR) is 103 cm³/mol. The standard InChI is InChI=1S/C21H26N2O5/c24-19-12-11-18(23(19)15-7-2-1-6-10-20(25)26)16-28-21(27)22-14-13-17-8-4-3-5-9-17/h3-5,8-9,18H,1,6,10-16H2,(H,22,27)(H,25,26)/t18-/m1/s1. The Labute approximate surface area is 165 Å². The van der Waals surface area contributed by atoms with Gasteiger partial charge >= 0.3 is 12.1 Å². The zero-order chi connectivity index (χ0) is 20.2. The van der Waals surface area contributed by atoms with Crippen LogP contribution in [0.5, 0.6) is 0 Å². The van der Waals surface area contributed by atoms with Crippen molar-refractivity contribution in [3.63, 3.8) is 0 Å². The zero-order valence-electron chi connectivity index (χ0n) is 15.9. The van der Waals surface area contributed by atoms with Gasteiger partial charge in [-0.25, -0.2) is 4.79 Å². The van der Waals surface area contributed by atoms with E-state index in [9.17, 15) is 14.4 Å². The van der Waals surface area contributed by atoms with E-state index in [-0.39, 0.29) is 31.5 Å². The average molecular weight is 386 g/mol. The van der Waals surface area contributed by atoms with Gasteiger partial charge in [0.1, 0.15) is 6.61 Å². The van der Waals surface area contributed by atoms with Gasteiger partial charge in [-0.1, -0.05) is 36.3 Å². The minimum atomic E-state index is -0.837. The van der Waals surface area contributed by atoms with Crippen LogP contribution in [-0.4, -0.2) is 53.7 Å². The number of hydrogen-bond donors (Lipinski definition) is 2. The molecule has 1 aromatic rings. The van der Waals surface area contributed by atoms with Crippen molar-refractivity contribution in [1.82, 2.24) is 10.2 Å². The number of carboxylic acids is 1. The Balaban J connectivity index is 1.67. The molecule has 0 aromatic heterocycles. The number of amides is 2. The summed E-state index contributed by atoms with van der Waals surface area (Å²) in [6.07, 6.45) is 2.36. The van der Waals surface area contributed by atoms with Crippen molar-refractivity contribution in [2.24, 2.45) is 0 Å². The quantitative estimate of drug-likeness (QED) is 0.501. The van der Waals surface area contributed by atoms with Crippen molar-refractivity contribution < 1.29 is 24.2 Å². The molecule has 0 spiro atoms. The highest BCUT2D eigenvalue weighted by Crippen LogP contribution is 2.18. The fourth-order valence-corrected chi connectivity index (χ4v) is 2.92. The van der Waals surface area contributed by atoms with E-state index in [1.54, 1.807) is 4.90 Å². The molecule has 0 saturated carbocycles. The van der Waals surface area contributed by atoms with Gasteiger partial charge in [0.2, 0.25) is 5.91 Å². The van der Waals surface area contributed by atoms with Crippen molar-refractivity contribution in [3.05, 3.63) is 35.9 Å². The summed E-state index contributed by atoms with van der Waals surface area (Å²) in [6.45, 7) is 0.900. The highest BCUT2D eigenvalue weighted by Gasteiger charge is 2.31. The molecule has 0 unspecified atom stereocenters. The molecule has 1 heterocycles. The third-order valence-electron chi connectivity index (χ3n) is 4.45. The van der Waals surface area contributed by atoms with Crippen molar-refractivity contribution in [1.29, 1.82) is 0 Å². The molecule has 1 aliphatic rings. The minimum Gasteiger partial charge on any atom is -0.481 e. The Hall–Kier alpha value is -3.01. The smallest absolute Gasteiger partial charge is 0.407 e. The number of alkyl carbamates (subject to hydrolysis) is 1.